The standard InChI is InChI=1S/C29H32N4O4/c34-25-8-7-24(26(35)31-25)33-27(36)22-6-5-21(17-23(22)28(33)37)20-3-1-19(2-4-20)18-32-15-11-29(12-16-32)9-13-30-14-10-29/h1-6,17,24,30H,7-16,18H2,(H,31,34,35). The van der Waals surface area contributed by atoms with Crippen molar-refractivity contribution in [3.05, 3.63) is 59.2 Å². The van der Waals surface area contributed by atoms with Crippen LogP contribution in [0.1, 0.15) is 64.8 Å². The molecule has 37 heavy (non-hydrogen) atoms. The highest BCUT2D eigenvalue weighted by molar-refractivity contribution is 6.23. The van der Waals surface area contributed by atoms with Gasteiger partial charge in [0.2, 0.25) is 11.8 Å². The lowest BCUT2D eigenvalue weighted by Crippen LogP contribution is -2.54. The summed E-state index contributed by atoms with van der Waals surface area (Å²) in [6, 6.07) is 12.7. The minimum absolute atomic E-state index is 0.108. The van der Waals surface area contributed by atoms with Gasteiger partial charge in [-0.25, -0.2) is 0 Å². The summed E-state index contributed by atoms with van der Waals surface area (Å²) in [5, 5.41) is 5.72. The molecule has 1 atom stereocenters. The predicted molar refractivity (Wildman–Crippen MR) is 138 cm³/mol. The van der Waals surface area contributed by atoms with Crippen molar-refractivity contribution in [2.24, 2.45) is 5.41 Å². The molecule has 4 amide bonds. The van der Waals surface area contributed by atoms with Crippen molar-refractivity contribution >= 4 is 23.6 Å². The van der Waals surface area contributed by atoms with Crippen molar-refractivity contribution in [3.63, 3.8) is 0 Å². The monoisotopic (exact) mass is 500 g/mol. The summed E-state index contributed by atoms with van der Waals surface area (Å²) in [7, 11) is 0. The molecular formula is C29H32N4O4. The number of piperidine rings is 3. The van der Waals surface area contributed by atoms with Crippen molar-refractivity contribution in [2.45, 2.75) is 51.1 Å². The zero-order valence-corrected chi connectivity index (χ0v) is 20.9. The van der Waals surface area contributed by atoms with Crippen LogP contribution >= 0.6 is 0 Å². The number of imide groups is 2. The lowest BCUT2D eigenvalue weighted by molar-refractivity contribution is -0.136. The zero-order valence-electron chi connectivity index (χ0n) is 20.9. The first-order valence-electron chi connectivity index (χ1n) is 13.3. The van der Waals surface area contributed by atoms with Gasteiger partial charge in [-0.1, -0.05) is 30.3 Å². The maximum Gasteiger partial charge on any atom is 0.262 e. The number of likely N-dealkylation sites (tertiary alicyclic amines) is 1. The third kappa shape index (κ3) is 4.49. The molecular weight excluding hydrogens is 468 g/mol. The van der Waals surface area contributed by atoms with Gasteiger partial charge >= 0.3 is 0 Å². The average Bonchev–Trinajstić information content (AvgIpc) is 3.16. The Balaban J connectivity index is 1.13. The quantitative estimate of drug-likeness (QED) is 0.627. The predicted octanol–water partition coefficient (Wildman–Crippen LogP) is 2.72. The van der Waals surface area contributed by atoms with Crippen LogP contribution in [0.5, 0.6) is 0 Å². The van der Waals surface area contributed by atoms with Gasteiger partial charge in [-0.2, -0.15) is 0 Å². The van der Waals surface area contributed by atoms with E-state index >= 15 is 0 Å². The summed E-state index contributed by atoms with van der Waals surface area (Å²) in [6.45, 7) is 5.53. The Morgan fingerprint density at radius 1 is 0.811 bits per heavy atom. The van der Waals surface area contributed by atoms with Crippen molar-refractivity contribution in [3.8, 4) is 11.1 Å². The lowest BCUT2D eigenvalue weighted by atomic mass is 9.71. The van der Waals surface area contributed by atoms with Gasteiger partial charge in [-0.05, 0) is 92.5 Å². The van der Waals surface area contributed by atoms with Crippen LogP contribution in [0, 0.1) is 5.41 Å². The molecule has 1 spiro atoms. The number of nitrogens with one attached hydrogen (secondary N) is 2. The minimum atomic E-state index is -0.952. The smallest absolute Gasteiger partial charge is 0.262 e. The molecule has 2 N–H and O–H groups in total. The number of amides is 4. The lowest BCUT2D eigenvalue weighted by Gasteiger charge is -2.44. The number of hydrogen-bond donors (Lipinski definition) is 2. The van der Waals surface area contributed by atoms with Gasteiger partial charge in [0.15, 0.2) is 0 Å². The molecule has 0 radical (unpaired) electrons. The maximum absolute atomic E-state index is 13.1. The Kier molecular flexibility index (Phi) is 6.16. The van der Waals surface area contributed by atoms with Crippen LogP contribution in [-0.4, -0.2) is 65.6 Å². The molecule has 4 aliphatic heterocycles. The maximum atomic E-state index is 13.1. The minimum Gasteiger partial charge on any atom is -0.317 e. The molecule has 0 bridgehead atoms. The molecule has 6 rings (SSSR count). The van der Waals surface area contributed by atoms with Gasteiger partial charge < -0.3 is 5.32 Å². The highest BCUT2D eigenvalue weighted by Crippen LogP contribution is 2.40. The fraction of sp³-hybridized carbons (Fsp3) is 0.448. The second kappa shape index (κ2) is 9.50. The van der Waals surface area contributed by atoms with Crippen LogP contribution in [0.3, 0.4) is 0 Å². The molecule has 4 heterocycles. The van der Waals surface area contributed by atoms with E-state index in [-0.39, 0.29) is 18.7 Å². The normalized spacial score (nSPS) is 23.9. The first-order valence-corrected chi connectivity index (χ1v) is 13.3. The van der Waals surface area contributed by atoms with Crippen molar-refractivity contribution in [2.75, 3.05) is 26.2 Å². The van der Waals surface area contributed by atoms with E-state index in [0.717, 1.165) is 48.8 Å². The van der Waals surface area contributed by atoms with Crippen LogP contribution < -0.4 is 10.6 Å². The first kappa shape index (κ1) is 24.0. The molecule has 8 heteroatoms. The third-order valence-electron chi connectivity index (χ3n) is 8.71. The molecule has 3 saturated heterocycles. The van der Waals surface area contributed by atoms with E-state index in [1.807, 2.05) is 6.07 Å². The van der Waals surface area contributed by atoms with Crippen LogP contribution in [0.2, 0.25) is 0 Å². The Morgan fingerprint density at radius 3 is 2.19 bits per heavy atom. The van der Waals surface area contributed by atoms with Crippen molar-refractivity contribution in [1.82, 2.24) is 20.4 Å². The van der Waals surface area contributed by atoms with Gasteiger partial charge in [0.25, 0.3) is 11.8 Å². The zero-order chi connectivity index (χ0) is 25.6. The molecule has 3 fully saturated rings. The summed E-state index contributed by atoms with van der Waals surface area (Å²) in [5.74, 6) is -1.94. The molecule has 1 unspecified atom stereocenters. The molecule has 4 aliphatic rings. The van der Waals surface area contributed by atoms with Crippen molar-refractivity contribution < 1.29 is 19.2 Å². The molecule has 2 aromatic carbocycles. The van der Waals surface area contributed by atoms with E-state index < -0.39 is 23.8 Å². The summed E-state index contributed by atoms with van der Waals surface area (Å²) in [4.78, 5) is 53.4. The van der Waals surface area contributed by atoms with Gasteiger partial charge in [0.1, 0.15) is 6.04 Å². The number of hydrogen-bond acceptors (Lipinski definition) is 6. The second-order valence-corrected chi connectivity index (χ2v) is 10.9. The summed E-state index contributed by atoms with van der Waals surface area (Å²) < 4.78 is 0. The summed E-state index contributed by atoms with van der Waals surface area (Å²) >= 11 is 0. The SMILES string of the molecule is O=C1CCC(N2C(=O)c3ccc(-c4ccc(CN5CCC6(CCNCC6)CC5)cc4)cc3C2=O)C(=O)N1. The Morgan fingerprint density at radius 2 is 1.49 bits per heavy atom. The number of nitrogens with zero attached hydrogens (tertiary/aromatic N) is 2. The fourth-order valence-corrected chi connectivity index (χ4v) is 6.35. The number of rotatable bonds is 4. The van der Waals surface area contributed by atoms with E-state index in [4.69, 9.17) is 0 Å². The first-order chi connectivity index (χ1) is 17.9. The fourth-order valence-electron chi connectivity index (χ4n) is 6.35. The van der Waals surface area contributed by atoms with E-state index in [9.17, 15) is 19.2 Å². The van der Waals surface area contributed by atoms with Crippen LogP contribution in [0.25, 0.3) is 11.1 Å². The van der Waals surface area contributed by atoms with E-state index in [1.54, 1.807) is 12.1 Å². The van der Waals surface area contributed by atoms with Crippen molar-refractivity contribution in [1.29, 1.82) is 0 Å². The third-order valence-corrected chi connectivity index (χ3v) is 8.71. The topological polar surface area (TPSA) is 98.8 Å². The molecule has 0 aromatic heterocycles. The summed E-state index contributed by atoms with van der Waals surface area (Å²) in [5.41, 5.74) is 4.23. The number of carbonyl (C=O) groups is 4. The van der Waals surface area contributed by atoms with Crippen LogP contribution in [0.15, 0.2) is 42.5 Å². The Hall–Kier alpha value is -3.36. The van der Waals surface area contributed by atoms with Crippen LogP contribution in [-0.2, 0) is 16.1 Å². The molecule has 8 nitrogen and oxygen atoms in total. The Labute approximate surface area is 216 Å². The summed E-state index contributed by atoms with van der Waals surface area (Å²) in [6.07, 6.45) is 5.43. The molecule has 0 saturated carbocycles. The second-order valence-electron chi connectivity index (χ2n) is 10.9. The van der Waals surface area contributed by atoms with Gasteiger partial charge in [-0.3, -0.25) is 34.3 Å². The van der Waals surface area contributed by atoms with Gasteiger partial charge in [-0.15, -0.1) is 0 Å². The van der Waals surface area contributed by atoms with E-state index in [0.29, 0.717) is 16.5 Å². The highest BCUT2D eigenvalue weighted by Gasteiger charge is 2.44. The van der Waals surface area contributed by atoms with E-state index in [2.05, 4.69) is 39.8 Å². The molecule has 2 aromatic rings. The Bertz CT molecular complexity index is 1260. The highest BCUT2D eigenvalue weighted by atomic mass is 16.2. The average molecular weight is 501 g/mol. The van der Waals surface area contributed by atoms with Crippen LogP contribution in [0.4, 0.5) is 0 Å². The van der Waals surface area contributed by atoms with Gasteiger partial charge in [0, 0.05) is 13.0 Å². The number of benzene rings is 2. The molecule has 0 aliphatic carbocycles. The van der Waals surface area contributed by atoms with E-state index in [1.165, 1.54) is 31.2 Å². The number of carbonyl (C=O) groups excluding carboxylic acids is 4. The number of fused-ring (bicyclic) bond motifs is 1. The van der Waals surface area contributed by atoms with Gasteiger partial charge in [0.05, 0.1) is 11.1 Å². The largest absolute Gasteiger partial charge is 0.317 e. The molecule has 192 valence electrons.